The number of hydrogen-bond donors (Lipinski definition) is 1. The van der Waals surface area contributed by atoms with Crippen molar-refractivity contribution >= 4 is 0 Å². The highest BCUT2D eigenvalue weighted by atomic mass is 16.5. The van der Waals surface area contributed by atoms with Crippen LogP contribution in [-0.4, -0.2) is 23.4 Å². The molecule has 0 amide bonds. The summed E-state index contributed by atoms with van der Waals surface area (Å²) in [5.74, 6) is 0.723. The zero-order valence-electron chi connectivity index (χ0n) is 13.4. The molecule has 1 N–H and O–H groups in total. The molecule has 1 aliphatic heterocycles. The molecule has 0 aromatic rings. The van der Waals surface area contributed by atoms with Crippen molar-refractivity contribution in [3.8, 4) is 0 Å². The molecule has 2 aliphatic rings. The predicted octanol–water partition coefficient (Wildman–Crippen LogP) is 4.84. The molecule has 1 heterocycles. The average molecular weight is 282 g/mol. The van der Waals surface area contributed by atoms with E-state index in [0.29, 0.717) is 12.2 Å². The lowest BCUT2D eigenvalue weighted by Gasteiger charge is -2.39. The van der Waals surface area contributed by atoms with Crippen LogP contribution in [0.2, 0.25) is 0 Å². The third-order valence-electron chi connectivity index (χ3n) is 5.21. The van der Waals surface area contributed by atoms with Gasteiger partial charge in [0.25, 0.3) is 0 Å². The molecular weight excluding hydrogens is 248 g/mol. The molecule has 2 heteroatoms. The molecule has 2 rings (SSSR count). The number of aliphatic hydroxyl groups is 1. The zero-order chi connectivity index (χ0) is 14.2. The second-order valence-electron chi connectivity index (χ2n) is 7.02. The fraction of sp³-hybridized carbons (Fsp3) is 1.00. The highest BCUT2D eigenvalue weighted by Crippen LogP contribution is 2.35. The van der Waals surface area contributed by atoms with Gasteiger partial charge in [-0.25, -0.2) is 0 Å². The number of unbranched alkanes of at least 4 members (excludes halogenated alkanes) is 4. The summed E-state index contributed by atoms with van der Waals surface area (Å²) in [4.78, 5) is 0. The second kappa shape index (κ2) is 9.04. The van der Waals surface area contributed by atoms with Crippen LogP contribution in [0.4, 0.5) is 0 Å². The Hall–Kier alpha value is -0.0800. The minimum atomic E-state index is -0.115. The molecule has 20 heavy (non-hydrogen) atoms. The standard InChI is InChI=1S/C18H34O2/c1-2-3-4-5-9-12-17-13-16(19)14-18(20-17)15-10-7-6-8-11-15/h15-19H,2-14H2,1H3/t16-,17+,18+/m0/s1. The van der Waals surface area contributed by atoms with Crippen LogP contribution in [0.5, 0.6) is 0 Å². The molecule has 118 valence electrons. The smallest absolute Gasteiger partial charge is 0.0631 e. The van der Waals surface area contributed by atoms with Crippen molar-refractivity contribution in [1.29, 1.82) is 0 Å². The molecule has 0 radical (unpaired) electrons. The third kappa shape index (κ3) is 5.37. The molecule has 2 nitrogen and oxygen atoms in total. The van der Waals surface area contributed by atoms with Crippen molar-refractivity contribution in [3.63, 3.8) is 0 Å². The van der Waals surface area contributed by atoms with Gasteiger partial charge < -0.3 is 9.84 Å². The lowest BCUT2D eigenvalue weighted by Crippen LogP contribution is -2.40. The van der Waals surface area contributed by atoms with E-state index < -0.39 is 0 Å². The highest BCUT2D eigenvalue weighted by Gasteiger charge is 2.33. The summed E-state index contributed by atoms with van der Waals surface area (Å²) in [5.41, 5.74) is 0. The maximum absolute atomic E-state index is 10.1. The first-order valence-electron chi connectivity index (χ1n) is 9.13. The molecule has 3 atom stereocenters. The van der Waals surface area contributed by atoms with E-state index in [4.69, 9.17) is 4.74 Å². The number of aliphatic hydroxyl groups excluding tert-OH is 1. The Balaban J connectivity index is 1.70. The number of hydrogen-bond acceptors (Lipinski definition) is 2. The molecular formula is C18H34O2. The molecule has 1 saturated carbocycles. The summed E-state index contributed by atoms with van der Waals surface area (Å²) >= 11 is 0. The fourth-order valence-corrected chi connectivity index (χ4v) is 4.00. The van der Waals surface area contributed by atoms with Crippen LogP contribution in [0.3, 0.4) is 0 Å². The summed E-state index contributed by atoms with van der Waals surface area (Å²) in [6, 6.07) is 0. The molecule has 0 unspecified atom stereocenters. The third-order valence-corrected chi connectivity index (χ3v) is 5.21. The van der Waals surface area contributed by atoms with Crippen LogP contribution in [-0.2, 0) is 4.74 Å². The SMILES string of the molecule is CCCCCCC[C@@H]1C[C@H](O)C[C@H](C2CCCCC2)O1. The zero-order valence-corrected chi connectivity index (χ0v) is 13.4. The Bertz CT molecular complexity index is 248. The van der Waals surface area contributed by atoms with Crippen LogP contribution < -0.4 is 0 Å². The first-order chi connectivity index (χ1) is 9.79. The van der Waals surface area contributed by atoms with Gasteiger partial charge in [-0.2, -0.15) is 0 Å². The van der Waals surface area contributed by atoms with E-state index >= 15 is 0 Å². The van der Waals surface area contributed by atoms with Gasteiger partial charge in [0, 0.05) is 0 Å². The van der Waals surface area contributed by atoms with Crippen LogP contribution in [0, 0.1) is 5.92 Å². The Morgan fingerprint density at radius 1 is 0.950 bits per heavy atom. The highest BCUT2D eigenvalue weighted by molar-refractivity contribution is 4.83. The monoisotopic (exact) mass is 282 g/mol. The molecule has 2 fully saturated rings. The molecule has 1 saturated heterocycles. The maximum Gasteiger partial charge on any atom is 0.0631 e. The molecule has 0 spiro atoms. The first-order valence-corrected chi connectivity index (χ1v) is 9.13. The van der Waals surface area contributed by atoms with E-state index in [-0.39, 0.29) is 6.10 Å². The van der Waals surface area contributed by atoms with Crippen LogP contribution >= 0.6 is 0 Å². The number of rotatable bonds is 7. The van der Waals surface area contributed by atoms with Crippen molar-refractivity contribution in [2.75, 3.05) is 0 Å². The van der Waals surface area contributed by atoms with Crippen LogP contribution in [0.25, 0.3) is 0 Å². The second-order valence-corrected chi connectivity index (χ2v) is 7.02. The maximum atomic E-state index is 10.1. The van der Waals surface area contributed by atoms with Gasteiger partial charge in [-0.15, -0.1) is 0 Å². The Morgan fingerprint density at radius 2 is 1.70 bits per heavy atom. The summed E-state index contributed by atoms with van der Waals surface area (Å²) in [5, 5.41) is 10.1. The van der Waals surface area contributed by atoms with E-state index in [1.807, 2.05) is 0 Å². The van der Waals surface area contributed by atoms with Gasteiger partial charge in [0.2, 0.25) is 0 Å². The van der Waals surface area contributed by atoms with Crippen molar-refractivity contribution in [1.82, 2.24) is 0 Å². The minimum Gasteiger partial charge on any atom is -0.393 e. The fourth-order valence-electron chi connectivity index (χ4n) is 4.00. The molecule has 0 aromatic heterocycles. The van der Waals surface area contributed by atoms with E-state index in [1.54, 1.807) is 0 Å². The van der Waals surface area contributed by atoms with E-state index in [0.717, 1.165) is 25.2 Å². The van der Waals surface area contributed by atoms with E-state index in [9.17, 15) is 5.11 Å². The van der Waals surface area contributed by atoms with Crippen molar-refractivity contribution in [2.45, 2.75) is 109 Å². The van der Waals surface area contributed by atoms with Gasteiger partial charge in [0.15, 0.2) is 0 Å². The largest absolute Gasteiger partial charge is 0.393 e. The Morgan fingerprint density at radius 3 is 2.45 bits per heavy atom. The first kappa shape index (κ1) is 16.3. The summed E-state index contributed by atoms with van der Waals surface area (Å²) in [7, 11) is 0. The van der Waals surface area contributed by atoms with E-state index in [2.05, 4.69) is 6.92 Å². The summed E-state index contributed by atoms with van der Waals surface area (Å²) in [6.45, 7) is 2.26. The molecule has 1 aliphatic carbocycles. The van der Waals surface area contributed by atoms with Crippen LogP contribution in [0.1, 0.15) is 90.4 Å². The van der Waals surface area contributed by atoms with Gasteiger partial charge in [-0.05, 0) is 38.0 Å². The van der Waals surface area contributed by atoms with Gasteiger partial charge in [0.05, 0.1) is 18.3 Å². The Kier molecular flexibility index (Phi) is 7.37. The lowest BCUT2D eigenvalue weighted by atomic mass is 9.81. The van der Waals surface area contributed by atoms with Gasteiger partial charge in [-0.3, -0.25) is 0 Å². The Labute approximate surface area is 125 Å². The van der Waals surface area contributed by atoms with Gasteiger partial charge in [-0.1, -0.05) is 58.3 Å². The van der Waals surface area contributed by atoms with Crippen molar-refractivity contribution < 1.29 is 9.84 Å². The lowest BCUT2D eigenvalue weighted by molar-refractivity contribution is -0.124. The minimum absolute atomic E-state index is 0.115. The summed E-state index contributed by atoms with van der Waals surface area (Å²) in [6.07, 6.45) is 16.9. The quantitative estimate of drug-likeness (QED) is 0.677. The van der Waals surface area contributed by atoms with Crippen LogP contribution in [0.15, 0.2) is 0 Å². The topological polar surface area (TPSA) is 29.5 Å². The molecule has 0 aromatic carbocycles. The predicted molar refractivity (Wildman–Crippen MR) is 83.9 cm³/mol. The van der Waals surface area contributed by atoms with Crippen molar-refractivity contribution in [2.24, 2.45) is 5.92 Å². The number of ether oxygens (including phenoxy) is 1. The normalized spacial score (nSPS) is 32.4. The van der Waals surface area contributed by atoms with E-state index in [1.165, 1.54) is 64.2 Å². The molecule has 0 bridgehead atoms. The van der Waals surface area contributed by atoms with Gasteiger partial charge >= 0.3 is 0 Å². The van der Waals surface area contributed by atoms with Crippen molar-refractivity contribution in [3.05, 3.63) is 0 Å². The summed E-state index contributed by atoms with van der Waals surface area (Å²) < 4.78 is 6.34. The average Bonchev–Trinajstić information content (AvgIpc) is 2.47. The van der Waals surface area contributed by atoms with Gasteiger partial charge in [0.1, 0.15) is 0 Å².